The molecule has 1 atom stereocenters. The summed E-state index contributed by atoms with van der Waals surface area (Å²) in [4.78, 5) is 11.6. The molecule has 0 aliphatic heterocycles. The van der Waals surface area contributed by atoms with E-state index in [0.717, 1.165) is 19.3 Å². The Kier molecular flexibility index (Phi) is 13.8. The Bertz CT molecular complexity index is 198. The standard InChI is InChI=1S/C18H36O/c1-4-6-7-8-9-10-11-12-13-14-15-16-18(19)17(3)5-2/h17H,4-16H2,1-3H3. The van der Waals surface area contributed by atoms with E-state index in [0.29, 0.717) is 5.78 Å². The van der Waals surface area contributed by atoms with Gasteiger partial charge in [0.1, 0.15) is 5.78 Å². The van der Waals surface area contributed by atoms with Crippen LogP contribution in [0.15, 0.2) is 0 Å². The van der Waals surface area contributed by atoms with Crippen molar-refractivity contribution in [1.29, 1.82) is 0 Å². The van der Waals surface area contributed by atoms with Crippen molar-refractivity contribution in [3.05, 3.63) is 0 Å². The normalized spacial score (nSPS) is 12.6. The highest BCUT2D eigenvalue weighted by atomic mass is 16.1. The maximum absolute atomic E-state index is 11.6. The predicted molar refractivity (Wildman–Crippen MR) is 85.5 cm³/mol. The first-order valence-corrected chi connectivity index (χ1v) is 8.75. The first-order chi connectivity index (χ1) is 9.22. The molecule has 0 spiro atoms. The average molecular weight is 268 g/mol. The van der Waals surface area contributed by atoms with Crippen molar-refractivity contribution in [3.63, 3.8) is 0 Å². The highest BCUT2D eigenvalue weighted by molar-refractivity contribution is 5.80. The lowest BCUT2D eigenvalue weighted by molar-refractivity contribution is -0.122. The first kappa shape index (κ1) is 18.7. The highest BCUT2D eigenvalue weighted by Gasteiger charge is 2.09. The SMILES string of the molecule is CCCCCCCCCCCCCC(=O)C(C)CC. The van der Waals surface area contributed by atoms with Crippen LogP contribution in [-0.2, 0) is 4.79 Å². The van der Waals surface area contributed by atoms with Crippen LogP contribution in [0.25, 0.3) is 0 Å². The average Bonchev–Trinajstić information content (AvgIpc) is 2.43. The van der Waals surface area contributed by atoms with E-state index in [1.807, 2.05) is 0 Å². The van der Waals surface area contributed by atoms with E-state index in [9.17, 15) is 4.79 Å². The Morgan fingerprint density at radius 1 is 0.737 bits per heavy atom. The number of hydrogen-bond acceptors (Lipinski definition) is 1. The van der Waals surface area contributed by atoms with E-state index in [2.05, 4.69) is 20.8 Å². The second-order valence-electron chi connectivity index (χ2n) is 6.06. The maximum atomic E-state index is 11.6. The van der Waals surface area contributed by atoms with Gasteiger partial charge in [0, 0.05) is 12.3 Å². The van der Waals surface area contributed by atoms with Crippen molar-refractivity contribution in [3.8, 4) is 0 Å². The minimum absolute atomic E-state index is 0.281. The van der Waals surface area contributed by atoms with Crippen LogP contribution in [0.1, 0.15) is 104 Å². The molecule has 1 nitrogen and oxygen atoms in total. The zero-order valence-corrected chi connectivity index (χ0v) is 13.7. The van der Waals surface area contributed by atoms with Gasteiger partial charge in [-0.05, 0) is 12.8 Å². The zero-order chi connectivity index (χ0) is 14.3. The molecule has 0 aromatic carbocycles. The zero-order valence-electron chi connectivity index (χ0n) is 13.7. The van der Waals surface area contributed by atoms with Crippen molar-refractivity contribution in [2.24, 2.45) is 5.92 Å². The number of unbranched alkanes of at least 4 members (excludes halogenated alkanes) is 10. The summed E-state index contributed by atoms with van der Waals surface area (Å²) >= 11 is 0. The lowest BCUT2D eigenvalue weighted by Crippen LogP contribution is -2.09. The molecule has 0 aromatic heterocycles. The smallest absolute Gasteiger partial charge is 0.135 e. The van der Waals surface area contributed by atoms with Crippen LogP contribution in [0.5, 0.6) is 0 Å². The molecule has 1 heteroatoms. The molecule has 1 unspecified atom stereocenters. The van der Waals surface area contributed by atoms with E-state index in [1.54, 1.807) is 0 Å². The number of rotatable bonds is 14. The second kappa shape index (κ2) is 14.1. The summed E-state index contributed by atoms with van der Waals surface area (Å²) in [6.07, 6.45) is 16.7. The van der Waals surface area contributed by atoms with E-state index in [-0.39, 0.29) is 5.92 Å². The molecule has 0 saturated carbocycles. The summed E-state index contributed by atoms with van der Waals surface area (Å²) in [6.45, 7) is 6.43. The largest absolute Gasteiger partial charge is 0.299 e. The fourth-order valence-corrected chi connectivity index (χ4v) is 2.44. The van der Waals surface area contributed by atoms with E-state index < -0.39 is 0 Å². The van der Waals surface area contributed by atoms with Gasteiger partial charge >= 0.3 is 0 Å². The van der Waals surface area contributed by atoms with Crippen LogP contribution in [0, 0.1) is 5.92 Å². The molecule has 0 aliphatic carbocycles. The van der Waals surface area contributed by atoms with Crippen molar-refractivity contribution in [2.45, 2.75) is 104 Å². The number of ketones is 1. The van der Waals surface area contributed by atoms with Crippen LogP contribution >= 0.6 is 0 Å². The molecule has 0 saturated heterocycles. The molecule has 114 valence electrons. The molecule has 0 radical (unpaired) electrons. The maximum Gasteiger partial charge on any atom is 0.135 e. The summed E-state index contributed by atoms with van der Waals surface area (Å²) in [7, 11) is 0. The van der Waals surface area contributed by atoms with Crippen LogP contribution in [0.3, 0.4) is 0 Å². The van der Waals surface area contributed by atoms with E-state index in [4.69, 9.17) is 0 Å². The summed E-state index contributed by atoms with van der Waals surface area (Å²) in [5.41, 5.74) is 0. The molecule has 0 amide bonds. The van der Waals surface area contributed by atoms with Crippen LogP contribution in [0.4, 0.5) is 0 Å². The minimum Gasteiger partial charge on any atom is -0.299 e. The van der Waals surface area contributed by atoms with Gasteiger partial charge in [0.25, 0.3) is 0 Å². The molecule has 0 aliphatic rings. The van der Waals surface area contributed by atoms with E-state index >= 15 is 0 Å². The molecular formula is C18H36O. The van der Waals surface area contributed by atoms with E-state index in [1.165, 1.54) is 64.2 Å². The number of carbonyl (C=O) groups excluding carboxylic acids is 1. The molecule has 0 fully saturated rings. The van der Waals surface area contributed by atoms with Crippen molar-refractivity contribution in [1.82, 2.24) is 0 Å². The first-order valence-electron chi connectivity index (χ1n) is 8.75. The molecular weight excluding hydrogens is 232 g/mol. The Morgan fingerprint density at radius 3 is 1.58 bits per heavy atom. The highest BCUT2D eigenvalue weighted by Crippen LogP contribution is 2.13. The Labute approximate surface area is 121 Å². The fraction of sp³-hybridized carbons (Fsp3) is 0.944. The minimum atomic E-state index is 0.281. The number of hydrogen-bond donors (Lipinski definition) is 0. The summed E-state index contributed by atoms with van der Waals surface area (Å²) < 4.78 is 0. The van der Waals surface area contributed by atoms with Crippen molar-refractivity contribution < 1.29 is 4.79 Å². The third-order valence-electron chi connectivity index (χ3n) is 4.19. The lowest BCUT2D eigenvalue weighted by Gasteiger charge is -2.06. The third kappa shape index (κ3) is 12.4. The Morgan fingerprint density at radius 2 is 1.16 bits per heavy atom. The Balaban J connectivity index is 3.13. The predicted octanol–water partition coefficient (Wildman–Crippen LogP) is 6.30. The lowest BCUT2D eigenvalue weighted by atomic mass is 9.98. The Hall–Kier alpha value is -0.330. The van der Waals surface area contributed by atoms with Gasteiger partial charge in [-0.3, -0.25) is 4.79 Å². The monoisotopic (exact) mass is 268 g/mol. The number of Topliss-reactive ketones (excluding diaryl/α,β-unsaturated/α-hetero) is 1. The van der Waals surface area contributed by atoms with Gasteiger partial charge in [-0.2, -0.15) is 0 Å². The van der Waals surface area contributed by atoms with Crippen LogP contribution < -0.4 is 0 Å². The molecule has 0 N–H and O–H groups in total. The van der Waals surface area contributed by atoms with Gasteiger partial charge in [0.15, 0.2) is 0 Å². The van der Waals surface area contributed by atoms with Gasteiger partial charge in [-0.15, -0.1) is 0 Å². The molecule has 0 bridgehead atoms. The fourth-order valence-electron chi connectivity index (χ4n) is 2.44. The van der Waals surface area contributed by atoms with Gasteiger partial charge in [-0.1, -0.05) is 85.0 Å². The number of carbonyl (C=O) groups is 1. The third-order valence-corrected chi connectivity index (χ3v) is 4.19. The summed E-state index contributed by atoms with van der Waals surface area (Å²) in [6, 6.07) is 0. The quantitative estimate of drug-likeness (QED) is 0.338. The van der Waals surface area contributed by atoms with Crippen LogP contribution in [0.2, 0.25) is 0 Å². The molecule has 19 heavy (non-hydrogen) atoms. The van der Waals surface area contributed by atoms with Gasteiger partial charge < -0.3 is 0 Å². The second-order valence-corrected chi connectivity index (χ2v) is 6.06. The summed E-state index contributed by atoms with van der Waals surface area (Å²) in [5.74, 6) is 0.751. The molecule has 0 aromatic rings. The topological polar surface area (TPSA) is 17.1 Å². The molecule has 0 rings (SSSR count). The van der Waals surface area contributed by atoms with Crippen LogP contribution in [-0.4, -0.2) is 5.78 Å². The van der Waals surface area contributed by atoms with Crippen molar-refractivity contribution >= 4 is 5.78 Å². The van der Waals surface area contributed by atoms with Gasteiger partial charge in [0.2, 0.25) is 0 Å². The van der Waals surface area contributed by atoms with Gasteiger partial charge in [0.05, 0.1) is 0 Å². The van der Waals surface area contributed by atoms with Crippen molar-refractivity contribution in [2.75, 3.05) is 0 Å². The molecule has 0 heterocycles. The summed E-state index contributed by atoms with van der Waals surface area (Å²) in [5, 5.41) is 0. The van der Waals surface area contributed by atoms with Gasteiger partial charge in [-0.25, -0.2) is 0 Å².